The molecule has 0 unspecified atom stereocenters. The monoisotopic (exact) mass is 234 g/mol. The van der Waals surface area contributed by atoms with Crippen LogP contribution in [-0.4, -0.2) is 36.1 Å². The average molecular weight is 234 g/mol. The van der Waals surface area contributed by atoms with Crippen molar-refractivity contribution in [3.05, 3.63) is 28.6 Å². The van der Waals surface area contributed by atoms with Gasteiger partial charge in [0.05, 0.1) is 18.4 Å². The molecule has 0 saturated heterocycles. The lowest BCUT2D eigenvalue weighted by Crippen LogP contribution is -2.31. The van der Waals surface area contributed by atoms with Crippen LogP contribution in [-0.2, 0) is 17.7 Å². The van der Waals surface area contributed by atoms with Crippen molar-refractivity contribution in [1.29, 1.82) is 0 Å². The van der Waals surface area contributed by atoms with Gasteiger partial charge in [0.1, 0.15) is 0 Å². The molecule has 4 nitrogen and oxygen atoms in total. The summed E-state index contributed by atoms with van der Waals surface area (Å²) in [4.78, 5) is 18.5. The Balaban J connectivity index is 2.37. The number of aromatic nitrogens is 1. The maximum atomic E-state index is 11.6. The molecule has 4 heteroatoms. The number of hydrogen-bond acceptors (Lipinski definition) is 4. The van der Waals surface area contributed by atoms with Crippen LogP contribution in [0.1, 0.15) is 34.2 Å². The number of esters is 1. The third kappa shape index (κ3) is 2.31. The number of carbonyl (C=O) groups is 1. The van der Waals surface area contributed by atoms with E-state index in [1.54, 1.807) is 0 Å². The highest BCUT2D eigenvalue weighted by Gasteiger charge is 2.20. The molecule has 2 heterocycles. The number of carbonyl (C=O) groups excluding carboxylic acids is 1. The number of ether oxygens (including phenoxy) is 1. The zero-order chi connectivity index (χ0) is 12.4. The third-order valence-electron chi connectivity index (χ3n) is 3.29. The number of hydrogen-bond donors (Lipinski definition) is 0. The number of fused-ring (bicyclic) bond motifs is 1. The maximum Gasteiger partial charge on any atom is 0.339 e. The molecule has 0 N–H and O–H groups in total. The van der Waals surface area contributed by atoms with Gasteiger partial charge in [0.15, 0.2) is 0 Å². The Kier molecular flexibility index (Phi) is 3.43. The summed E-state index contributed by atoms with van der Waals surface area (Å²) in [5.74, 6) is -0.300. The molecule has 2 rings (SSSR count). The summed E-state index contributed by atoms with van der Waals surface area (Å²) in [5, 5.41) is 0. The molecule has 1 aromatic rings. The fourth-order valence-corrected chi connectivity index (χ4v) is 2.22. The van der Waals surface area contributed by atoms with Gasteiger partial charge in [-0.2, -0.15) is 0 Å². The summed E-state index contributed by atoms with van der Waals surface area (Å²) in [5.41, 5.74) is 3.63. The molecule has 92 valence electrons. The Morgan fingerprint density at radius 1 is 1.59 bits per heavy atom. The zero-order valence-electron chi connectivity index (χ0n) is 10.6. The Bertz CT molecular complexity index is 443. The summed E-state index contributed by atoms with van der Waals surface area (Å²) >= 11 is 0. The molecule has 0 spiro atoms. The Morgan fingerprint density at radius 2 is 2.35 bits per heavy atom. The number of nitrogens with zero attached hydrogens (tertiary/aromatic N) is 2. The molecule has 1 aliphatic heterocycles. The smallest absolute Gasteiger partial charge is 0.339 e. The lowest BCUT2D eigenvalue weighted by Gasteiger charge is -2.27. The van der Waals surface area contributed by atoms with E-state index in [4.69, 9.17) is 4.74 Å². The first-order valence-corrected chi connectivity index (χ1v) is 5.95. The van der Waals surface area contributed by atoms with E-state index in [1.807, 2.05) is 13.0 Å². The molecule has 1 aromatic heterocycles. The molecule has 0 saturated carbocycles. The second kappa shape index (κ2) is 4.84. The Morgan fingerprint density at radius 3 is 3.00 bits per heavy atom. The molecule has 17 heavy (non-hydrogen) atoms. The fourth-order valence-electron chi connectivity index (χ4n) is 2.22. The third-order valence-corrected chi connectivity index (χ3v) is 3.29. The average Bonchev–Trinajstić information content (AvgIpc) is 2.36. The van der Waals surface area contributed by atoms with E-state index in [0.29, 0.717) is 5.56 Å². The van der Waals surface area contributed by atoms with Gasteiger partial charge in [0.25, 0.3) is 0 Å². The predicted octanol–water partition coefficient (Wildman–Crippen LogP) is 1.55. The van der Waals surface area contributed by atoms with E-state index in [2.05, 4.69) is 16.8 Å². The van der Waals surface area contributed by atoms with Gasteiger partial charge in [-0.25, -0.2) is 4.79 Å². The molecule has 0 bridgehead atoms. The van der Waals surface area contributed by atoms with Crippen LogP contribution in [0.5, 0.6) is 0 Å². The number of methoxy groups -OCH3 is 1. The maximum absolute atomic E-state index is 11.6. The van der Waals surface area contributed by atoms with E-state index in [0.717, 1.165) is 43.0 Å². The second-order valence-electron chi connectivity index (χ2n) is 4.34. The molecular formula is C13H18N2O2. The summed E-state index contributed by atoms with van der Waals surface area (Å²) in [6, 6.07) is 1.94. The lowest BCUT2D eigenvalue weighted by atomic mass is 10.0. The van der Waals surface area contributed by atoms with E-state index in [-0.39, 0.29) is 5.97 Å². The van der Waals surface area contributed by atoms with Crippen molar-refractivity contribution < 1.29 is 9.53 Å². The SMILES string of the molecule is CCN1CCc2nc(C)c(C(=O)OC)cc2C1. The van der Waals surface area contributed by atoms with Crippen LogP contribution in [0.2, 0.25) is 0 Å². The second-order valence-corrected chi connectivity index (χ2v) is 4.34. The number of rotatable bonds is 2. The quantitative estimate of drug-likeness (QED) is 0.728. The van der Waals surface area contributed by atoms with Crippen molar-refractivity contribution in [2.45, 2.75) is 26.8 Å². The van der Waals surface area contributed by atoms with Crippen molar-refractivity contribution in [3.63, 3.8) is 0 Å². The van der Waals surface area contributed by atoms with Crippen molar-refractivity contribution in [2.24, 2.45) is 0 Å². The van der Waals surface area contributed by atoms with Gasteiger partial charge < -0.3 is 4.74 Å². The summed E-state index contributed by atoms with van der Waals surface area (Å²) < 4.78 is 4.77. The minimum Gasteiger partial charge on any atom is -0.465 e. The van der Waals surface area contributed by atoms with Gasteiger partial charge in [0, 0.05) is 25.2 Å². The van der Waals surface area contributed by atoms with Gasteiger partial charge >= 0.3 is 5.97 Å². The van der Waals surface area contributed by atoms with Crippen LogP contribution in [0.3, 0.4) is 0 Å². The van der Waals surface area contributed by atoms with E-state index in [1.165, 1.54) is 7.11 Å². The molecule has 0 aliphatic carbocycles. The van der Waals surface area contributed by atoms with E-state index >= 15 is 0 Å². The van der Waals surface area contributed by atoms with Crippen molar-refractivity contribution in [3.8, 4) is 0 Å². The first-order chi connectivity index (χ1) is 8.15. The van der Waals surface area contributed by atoms with Crippen molar-refractivity contribution in [1.82, 2.24) is 9.88 Å². The van der Waals surface area contributed by atoms with Crippen molar-refractivity contribution >= 4 is 5.97 Å². The Hall–Kier alpha value is -1.42. The van der Waals surface area contributed by atoms with Gasteiger partial charge in [-0.15, -0.1) is 0 Å². The zero-order valence-corrected chi connectivity index (χ0v) is 10.6. The first-order valence-electron chi connectivity index (χ1n) is 5.95. The Labute approximate surface area is 102 Å². The van der Waals surface area contributed by atoms with E-state index in [9.17, 15) is 4.79 Å². The highest BCUT2D eigenvalue weighted by Crippen LogP contribution is 2.20. The van der Waals surface area contributed by atoms with Crippen LogP contribution >= 0.6 is 0 Å². The molecule has 0 atom stereocenters. The molecular weight excluding hydrogens is 216 g/mol. The number of aryl methyl sites for hydroxylation is 1. The van der Waals surface area contributed by atoms with Gasteiger partial charge in [0.2, 0.25) is 0 Å². The predicted molar refractivity (Wildman–Crippen MR) is 65.0 cm³/mol. The summed E-state index contributed by atoms with van der Waals surface area (Å²) in [6.45, 7) is 6.96. The molecule has 0 fully saturated rings. The van der Waals surface area contributed by atoms with Gasteiger partial charge in [-0.05, 0) is 25.1 Å². The van der Waals surface area contributed by atoms with Crippen LogP contribution in [0.25, 0.3) is 0 Å². The van der Waals surface area contributed by atoms with Gasteiger partial charge in [-0.1, -0.05) is 6.92 Å². The number of pyridine rings is 1. The largest absolute Gasteiger partial charge is 0.465 e. The fraction of sp³-hybridized carbons (Fsp3) is 0.538. The highest BCUT2D eigenvalue weighted by atomic mass is 16.5. The van der Waals surface area contributed by atoms with Crippen LogP contribution in [0, 0.1) is 6.92 Å². The topological polar surface area (TPSA) is 42.4 Å². The van der Waals surface area contributed by atoms with E-state index < -0.39 is 0 Å². The van der Waals surface area contributed by atoms with Crippen LogP contribution in [0.4, 0.5) is 0 Å². The normalized spacial score (nSPS) is 15.5. The van der Waals surface area contributed by atoms with Gasteiger partial charge in [-0.3, -0.25) is 9.88 Å². The minimum absolute atomic E-state index is 0.300. The standard InChI is InChI=1S/C13H18N2O2/c1-4-15-6-5-12-10(8-15)7-11(9(2)14-12)13(16)17-3/h7H,4-6,8H2,1-3H3. The molecule has 0 amide bonds. The minimum atomic E-state index is -0.300. The highest BCUT2D eigenvalue weighted by molar-refractivity contribution is 5.90. The molecule has 0 aromatic carbocycles. The first kappa shape index (κ1) is 12.0. The van der Waals surface area contributed by atoms with Crippen LogP contribution < -0.4 is 0 Å². The lowest BCUT2D eigenvalue weighted by molar-refractivity contribution is 0.0599. The van der Waals surface area contributed by atoms with Crippen LogP contribution in [0.15, 0.2) is 6.07 Å². The summed E-state index contributed by atoms with van der Waals surface area (Å²) in [6.07, 6.45) is 0.964. The number of likely N-dealkylation sites (N-methyl/N-ethyl adjacent to an activating group) is 1. The van der Waals surface area contributed by atoms with Crippen molar-refractivity contribution in [2.75, 3.05) is 20.2 Å². The molecule has 0 radical (unpaired) electrons. The summed E-state index contributed by atoms with van der Waals surface area (Å²) in [7, 11) is 1.40. The molecule has 1 aliphatic rings.